The monoisotopic (exact) mass is 508 g/mol. The van der Waals surface area contributed by atoms with E-state index in [2.05, 4.69) is 15.6 Å². The Morgan fingerprint density at radius 2 is 1.94 bits per heavy atom. The van der Waals surface area contributed by atoms with Crippen LogP contribution < -0.4 is 10.6 Å². The van der Waals surface area contributed by atoms with Gasteiger partial charge in [-0.25, -0.2) is 4.98 Å². The van der Waals surface area contributed by atoms with Crippen molar-refractivity contribution in [2.45, 2.75) is 50.6 Å². The van der Waals surface area contributed by atoms with Gasteiger partial charge in [-0.1, -0.05) is 36.4 Å². The molecule has 2 aromatic carbocycles. The Morgan fingerprint density at radius 3 is 2.61 bits per heavy atom. The number of amides is 2. The lowest BCUT2D eigenvalue weighted by Crippen LogP contribution is -2.52. The molecule has 0 spiro atoms. The highest BCUT2D eigenvalue weighted by atomic mass is 32.1. The van der Waals surface area contributed by atoms with Crippen LogP contribution in [0, 0.1) is 6.92 Å². The highest BCUT2D eigenvalue weighted by Gasteiger charge is 2.34. The summed E-state index contributed by atoms with van der Waals surface area (Å²) in [5.74, 6) is -0.580. The molecule has 0 aliphatic carbocycles. The molecule has 8 nitrogen and oxygen atoms in total. The zero-order valence-corrected chi connectivity index (χ0v) is 21.2. The Bertz CT molecular complexity index is 1190. The predicted molar refractivity (Wildman–Crippen MR) is 139 cm³/mol. The van der Waals surface area contributed by atoms with Crippen LogP contribution in [0.15, 0.2) is 60.0 Å². The Morgan fingerprint density at radius 1 is 1.19 bits per heavy atom. The molecule has 1 fully saturated rings. The second kappa shape index (κ2) is 11.7. The second-order valence-electron chi connectivity index (χ2n) is 9.29. The molecule has 190 valence electrons. The average molecular weight is 509 g/mol. The van der Waals surface area contributed by atoms with Gasteiger partial charge in [0.2, 0.25) is 0 Å². The van der Waals surface area contributed by atoms with Gasteiger partial charge in [0.25, 0.3) is 11.8 Å². The molecule has 0 radical (unpaired) electrons. The van der Waals surface area contributed by atoms with Crippen molar-refractivity contribution in [3.05, 3.63) is 87.4 Å². The fourth-order valence-corrected chi connectivity index (χ4v) is 5.25. The average Bonchev–Trinajstić information content (AvgIpc) is 3.50. The van der Waals surface area contributed by atoms with Crippen LogP contribution in [0.3, 0.4) is 0 Å². The summed E-state index contributed by atoms with van der Waals surface area (Å²) < 4.78 is 0. The fraction of sp³-hybridized carbons (Fsp3) is 0.370. The summed E-state index contributed by atoms with van der Waals surface area (Å²) >= 11 is 1.51. The minimum Gasteiger partial charge on any atom is -0.392 e. The molecule has 36 heavy (non-hydrogen) atoms. The van der Waals surface area contributed by atoms with E-state index in [1.165, 1.54) is 11.3 Å². The first kappa shape index (κ1) is 26.0. The Balaban J connectivity index is 1.48. The summed E-state index contributed by atoms with van der Waals surface area (Å²) in [7, 11) is 1.71. The van der Waals surface area contributed by atoms with E-state index in [0.29, 0.717) is 37.1 Å². The predicted octanol–water partition coefficient (Wildman–Crippen LogP) is 2.15. The van der Waals surface area contributed by atoms with Crippen molar-refractivity contribution >= 4 is 23.2 Å². The number of aromatic nitrogens is 1. The number of aliphatic hydroxyl groups is 2. The number of nitrogens with zero attached hydrogens (tertiary/aromatic N) is 2. The largest absolute Gasteiger partial charge is 0.392 e. The third-order valence-electron chi connectivity index (χ3n) is 6.34. The summed E-state index contributed by atoms with van der Waals surface area (Å²) in [6.45, 7) is 2.71. The van der Waals surface area contributed by atoms with Crippen LogP contribution in [-0.4, -0.2) is 69.8 Å². The lowest BCUT2D eigenvalue weighted by Gasteiger charge is -2.29. The fourth-order valence-electron chi connectivity index (χ4n) is 4.43. The molecule has 2 amide bonds. The van der Waals surface area contributed by atoms with Gasteiger partial charge in [-0.05, 0) is 43.5 Å². The van der Waals surface area contributed by atoms with Crippen LogP contribution in [-0.2, 0) is 13.0 Å². The van der Waals surface area contributed by atoms with Crippen LogP contribution in [0.2, 0.25) is 0 Å². The third-order valence-corrected chi connectivity index (χ3v) is 7.29. The van der Waals surface area contributed by atoms with E-state index >= 15 is 0 Å². The SMILES string of the molecule is Cc1csc(CN(C)C(=O)c2cccc(C(=O)NC(Cc3ccccc3)C(O)C3CC(O)CN3)c2)n1. The van der Waals surface area contributed by atoms with E-state index in [4.69, 9.17) is 0 Å². The van der Waals surface area contributed by atoms with E-state index in [-0.39, 0.29) is 17.9 Å². The van der Waals surface area contributed by atoms with Crippen molar-refractivity contribution in [3.8, 4) is 0 Å². The van der Waals surface area contributed by atoms with E-state index < -0.39 is 18.2 Å². The van der Waals surface area contributed by atoms with Gasteiger partial charge < -0.3 is 25.7 Å². The van der Waals surface area contributed by atoms with E-state index in [0.717, 1.165) is 16.3 Å². The van der Waals surface area contributed by atoms with Gasteiger partial charge in [0.05, 0.1) is 24.8 Å². The maximum absolute atomic E-state index is 13.2. The summed E-state index contributed by atoms with van der Waals surface area (Å²) in [6, 6.07) is 15.3. The number of aliphatic hydroxyl groups excluding tert-OH is 2. The minimum absolute atomic E-state index is 0.206. The van der Waals surface area contributed by atoms with Crippen molar-refractivity contribution in [2.75, 3.05) is 13.6 Å². The maximum Gasteiger partial charge on any atom is 0.253 e. The number of rotatable bonds is 9. The number of hydrogen-bond acceptors (Lipinski definition) is 7. The van der Waals surface area contributed by atoms with Crippen molar-refractivity contribution in [1.82, 2.24) is 20.5 Å². The molecule has 1 saturated heterocycles. The van der Waals surface area contributed by atoms with Crippen molar-refractivity contribution < 1.29 is 19.8 Å². The van der Waals surface area contributed by atoms with Crippen molar-refractivity contribution in [1.29, 1.82) is 0 Å². The number of benzene rings is 2. The van der Waals surface area contributed by atoms with Crippen LogP contribution >= 0.6 is 11.3 Å². The highest BCUT2D eigenvalue weighted by Crippen LogP contribution is 2.18. The molecule has 1 aliphatic heterocycles. The molecule has 4 atom stereocenters. The molecule has 0 saturated carbocycles. The molecule has 9 heteroatoms. The van der Waals surface area contributed by atoms with Crippen LogP contribution in [0.4, 0.5) is 0 Å². The van der Waals surface area contributed by atoms with Crippen LogP contribution in [0.25, 0.3) is 0 Å². The summed E-state index contributed by atoms with van der Waals surface area (Å²) in [5.41, 5.74) is 2.63. The van der Waals surface area contributed by atoms with Crippen LogP contribution in [0.1, 0.15) is 43.4 Å². The van der Waals surface area contributed by atoms with Gasteiger partial charge in [0, 0.05) is 41.8 Å². The quantitative estimate of drug-likeness (QED) is 0.352. The molecule has 4 unspecified atom stereocenters. The summed E-state index contributed by atoms with van der Waals surface area (Å²) in [5, 5.41) is 29.9. The van der Waals surface area contributed by atoms with E-state index in [1.807, 2.05) is 42.6 Å². The first-order valence-corrected chi connectivity index (χ1v) is 12.9. The molecule has 0 bridgehead atoms. The Hall–Kier alpha value is -3.11. The zero-order valence-electron chi connectivity index (χ0n) is 20.4. The van der Waals surface area contributed by atoms with Gasteiger partial charge >= 0.3 is 0 Å². The number of carbonyl (C=O) groups excluding carboxylic acids is 2. The van der Waals surface area contributed by atoms with E-state index in [9.17, 15) is 19.8 Å². The van der Waals surface area contributed by atoms with Gasteiger partial charge in [0.15, 0.2) is 0 Å². The normalized spacial score (nSPS) is 19.0. The number of carbonyl (C=O) groups is 2. The molecule has 4 rings (SSSR count). The molecule has 1 aromatic heterocycles. The molecule has 2 heterocycles. The first-order chi connectivity index (χ1) is 17.3. The lowest BCUT2D eigenvalue weighted by molar-refractivity contribution is 0.0714. The number of hydrogen-bond donors (Lipinski definition) is 4. The Labute approximate surface area is 215 Å². The second-order valence-corrected chi connectivity index (χ2v) is 10.2. The number of β-amino-alcohol motifs (C(OH)–C–C–N with tert-alkyl or cyclic N) is 1. The van der Waals surface area contributed by atoms with E-state index in [1.54, 1.807) is 36.2 Å². The van der Waals surface area contributed by atoms with Gasteiger partial charge in [0.1, 0.15) is 5.01 Å². The van der Waals surface area contributed by atoms with Gasteiger partial charge in [-0.2, -0.15) is 0 Å². The molecule has 3 aromatic rings. The first-order valence-electron chi connectivity index (χ1n) is 12.0. The maximum atomic E-state index is 13.2. The van der Waals surface area contributed by atoms with Crippen LogP contribution in [0.5, 0.6) is 0 Å². The number of aryl methyl sites for hydroxylation is 1. The number of thiazole rings is 1. The zero-order chi connectivity index (χ0) is 25.7. The summed E-state index contributed by atoms with van der Waals surface area (Å²) in [4.78, 5) is 32.2. The van der Waals surface area contributed by atoms with Crippen molar-refractivity contribution in [3.63, 3.8) is 0 Å². The number of nitrogens with one attached hydrogen (secondary N) is 2. The lowest BCUT2D eigenvalue weighted by atomic mass is 9.94. The summed E-state index contributed by atoms with van der Waals surface area (Å²) in [6.07, 6.45) is -0.580. The smallest absolute Gasteiger partial charge is 0.253 e. The Kier molecular flexibility index (Phi) is 8.48. The van der Waals surface area contributed by atoms with Gasteiger partial charge in [-0.3, -0.25) is 9.59 Å². The third kappa shape index (κ3) is 6.55. The highest BCUT2D eigenvalue weighted by molar-refractivity contribution is 7.09. The standard InChI is InChI=1S/C27H32N4O4S/c1-17-16-36-24(29-17)15-31(2)27(35)20-10-6-9-19(12-20)26(34)30-23(11-18-7-4-3-5-8-18)25(33)22-13-21(32)14-28-22/h3-10,12,16,21-23,25,28,32-33H,11,13-15H2,1-2H3,(H,30,34). The molecular formula is C27H32N4O4S. The van der Waals surface area contributed by atoms with Gasteiger partial charge in [-0.15, -0.1) is 11.3 Å². The molecular weight excluding hydrogens is 476 g/mol. The topological polar surface area (TPSA) is 115 Å². The van der Waals surface area contributed by atoms with Crippen molar-refractivity contribution in [2.24, 2.45) is 0 Å². The molecule has 1 aliphatic rings. The molecule has 4 N–H and O–H groups in total. The minimum atomic E-state index is -0.899.